The fraction of sp³-hybridized carbons (Fsp3) is 0.333. The predicted octanol–water partition coefficient (Wildman–Crippen LogP) is 2.32. The van der Waals surface area contributed by atoms with Crippen LogP contribution in [0.1, 0.15) is 17.5 Å². The molecule has 2 N–H and O–H groups in total. The molecule has 0 atom stereocenters. The largest absolute Gasteiger partial charge is 0.508 e. The van der Waals surface area contributed by atoms with Crippen molar-refractivity contribution in [1.82, 2.24) is 5.32 Å². The van der Waals surface area contributed by atoms with Crippen LogP contribution >= 0.6 is 0 Å². The Labute approximate surface area is 85.3 Å². The summed E-state index contributed by atoms with van der Waals surface area (Å²) in [6, 6.07) is 5.57. The third kappa shape index (κ3) is 2.89. The molecule has 0 fully saturated rings. The average molecular weight is 191 g/mol. The minimum atomic E-state index is 0.362. The summed E-state index contributed by atoms with van der Waals surface area (Å²) < 4.78 is 0. The highest BCUT2D eigenvalue weighted by atomic mass is 16.3. The van der Waals surface area contributed by atoms with Gasteiger partial charge in [-0.2, -0.15) is 0 Å². The summed E-state index contributed by atoms with van der Waals surface area (Å²) in [6.07, 6.45) is 5.16. The van der Waals surface area contributed by atoms with E-state index in [-0.39, 0.29) is 0 Å². The van der Waals surface area contributed by atoms with Crippen molar-refractivity contribution >= 4 is 6.08 Å². The number of phenols is 1. The van der Waals surface area contributed by atoms with E-state index in [1.807, 2.05) is 32.2 Å². The van der Waals surface area contributed by atoms with Crippen LogP contribution in [0.25, 0.3) is 6.08 Å². The molecule has 0 bridgehead atoms. The second-order valence-corrected chi connectivity index (χ2v) is 3.29. The van der Waals surface area contributed by atoms with E-state index in [4.69, 9.17) is 0 Å². The molecule has 2 heteroatoms. The summed E-state index contributed by atoms with van der Waals surface area (Å²) in [7, 11) is 1.94. The molecule has 1 aromatic carbocycles. The normalized spacial score (nSPS) is 11.0. The molecule has 0 unspecified atom stereocenters. The van der Waals surface area contributed by atoms with Crippen LogP contribution in [-0.2, 0) is 0 Å². The maximum Gasteiger partial charge on any atom is 0.119 e. The van der Waals surface area contributed by atoms with Crippen molar-refractivity contribution in [2.24, 2.45) is 0 Å². The van der Waals surface area contributed by atoms with Crippen molar-refractivity contribution < 1.29 is 5.11 Å². The van der Waals surface area contributed by atoms with E-state index in [1.165, 1.54) is 0 Å². The van der Waals surface area contributed by atoms with Crippen molar-refractivity contribution in [3.05, 3.63) is 35.4 Å². The SMILES string of the molecule is CNCCC=Cc1cccc(O)c1C. The standard InChI is InChI=1S/C12H17NO/c1-10-11(6-3-4-9-13-2)7-5-8-12(10)14/h3,5-8,13-14H,4,9H2,1-2H3. The van der Waals surface area contributed by atoms with E-state index in [1.54, 1.807) is 6.07 Å². The maximum atomic E-state index is 9.46. The smallest absolute Gasteiger partial charge is 0.119 e. The number of aromatic hydroxyl groups is 1. The molecular weight excluding hydrogens is 174 g/mol. The van der Waals surface area contributed by atoms with Gasteiger partial charge in [0.2, 0.25) is 0 Å². The van der Waals surface area contributed by atoms with Crippen LogP contribution < -0.4 is 5.32 Å². The second kappa shape index (κ2) is 5.45. The molecule has 0 radical (unpaired) electrons. The summed E-state index contributed by atoms with van der Waals surface area (Å²) in [5.41, 5.74) is 2.02. The molecule has 1 rings (SSSR count). The zero-order chi connectivity index (χ0) is 10.4. The van der Waals surface area contributed by atoms with Gasteiger partial charge >= 0.3 is 0 Å². The highest BCUT2D eigenvalue weighted by molar-refractivity contribution is 5.57. The van der Waals surface area contributed by atoms with Crippen LogP contribution in [0.4, 0.5) is 0 Å². The van der Waals surface area contributed by atoms with Crippen LogP contribution in [0.15, 0.2) is 24.3 Å². The molecule has 0 saturated carbocycles. The zero-order valence-electron chi connectivity index (χ0n) is 8.75. The fourth-order valence-corrected chi connectivity index (χ4v) is 1.26. The fourth-order valence-electron chi connectivity index (χ4n) is 1.26. The summed E-state index contributed by atoms with van der Waals surface area (Å²) in [5, 5.41) is 12.5. The van der Waals surface area contributed by atoms with E-state index in [0.717, 1.165) is 24.1 Å². The minimum absolute atomic E-state index is 0.362. The zero-order valence-corrected chi connectivity index (χ0v) is 8.75. The van der Waals surface area contributed by atoms with Gasteiger partial charge in [0.1, 0.15) is 5.75 Å². The third-order valence-corrected chi connectivity index (χ3v) is 2.21. The van der Waals surface area contributed by atoms with E-state index in [2.05, 4.69) is 11.4 Å². The number of rotatable bonds is 4. The molecule has 1 aromatic rings. The van der Waals surface area contributed by atoms with E-state index in [9.17, 15) is 5.11 Å². The molecule has 14 heavy (non-hydrogen) atoms. The lowest BCUT2D eigenvalue weighted by molar-refractivity contribution is 0.471. The molecule has 0 aliphatic rings. The Morgan fingerprint density at radius 2 is 2.21 bits per heavy atom. The highest BCUT2D eigenvalue weighted by Gasteiger charge is 1.97. The van der Waals surface area contributed by atoms with Gasteiger partial charge in [-0.05, 0) is 44.1 Å². The maximum absolute atomic E-state index is 9.46. The van der Waals surface area contributed by atoms with Crippen LogP contribution in [-0.4, -0.2) is 18.7 Å². The first-order valence-corrected chi connectivity index (χ1v) is 4.85. The van der Waals surface area contributed by atoms with Gasteiger partial charge < -0.3 is 10.4 Å². The molecule has 2 nitrogen and oxygen atoms in total. The predicted molar refractivity (Wildman–Crippen MR) is 60.4 cm³/mol. The lowest BCUT2D eigenvalue weighted by atomic mass is 10.1. The van der Waals surface area contributed by atoms with E-state index < -0.39 is 0 Å². The molecule has 0 spiro atoms. The molecular formula is C12H17NO. The minimum Gasteiger partial charge on any atom is -0.508 e. The van der Waals surface area contributed by atoms with Crippen molar-refractivity contribution in [3.63, 3.8) is 0 Å². The Morgan fingerprint density at radius 3 is 2.93 bits per heavy atom. The van der Waals surface area contributed by atoms with Crippen molar-refractivity contribution in [2.75, 3.05) is 13.6 Å². The number of hydrogen-bond donors (Lipinski definition) is 2. The van der Waals surface area contributed by atoms with Gasteiger partial charge in [0.25, 0.3) is 0 Å². The summed E-state index contributed by atoms with van der Waals surface area (Å²) in [5.74, 6) is 0.362. The highest BCUT2D eigenvalue weighted by Crippen LogP contribution is 2.20. The van der Waals surface area contributed by atoms with Gasteiger partial charge in [0.05, 0.1) is 0 Å². The molecule has 0 saturated heterocycles. The first-order valence-electron chi connectivity index (χ1n) is 4.85. The van der Waals surface area contributed by atoms with Crippen LogP contribution in [0.5, 0.6) is 5.75 Å². The van der Waals surface area contributed by atoms with Crippen LogP contribution in [0.2, 0.25) is 0 Å². The molecule has 0 heterocycles. The molecule has 0 aliphatic heterocycles. The van der Waals surface area contributed by atoms with Crippen LogP contribution in [0.3, 0.4) is 0 Å². The van der Waals surface area contributed by atoms with Crippen molar-refractivity contribution in [2.45, 2.75) is 13.3 Å². The van der Waals surface area contributed by atoms with E-state index in [0.29, 0.717) is 5.75 Å². The monoisotopic (exact) mass is 191 g/mol. The Balaban J connectivity index is 2.67. The summed E-state index contributed by atoms with van der Waals surface area (Å²) in [4.78, 5) is 0. The third-order valence-electron chi connectivity index (χ3n) is 2.21. The topological polar surface area (TPSA) is 32.3 Å². The Hall–Kier alpha value is -1.28. The second-order valence-electron chi connectivity index (χ2n) is 3.29. The number of benzene rings is 1. The first kappa shape index (κ1) is 10.8. The molecule has 76 valence electrons. The molecule has 0 aromatic heterocycles. The number of phenolic OH excluding ortho intramolecular Hbond substituents is 1. The van der Waals surface area contributed by atoms with E-state index >= 15 is 0 Å². The van der Waals surface area contributed by atoms with Crippen molar-refractivity contribution in [1.29, 1.82) is 0 Å². The summed E-state index contributed by atoms with van der Waals surface area (Å²) >= 11 is 0. The Morgan fingerprint density at radius 1 is 1.43 bits per heavy atom. The number of nitrogens with one attached hydrogen (secondary N) is 1. The van der Waals surface area contributed by atoms with Gasteiger partial charge in [-0.15, -0.1) is 0 Å². The van der Waals surface area contributed by atoms with Crippen molar-refractivity contribution in [3.8, 4) is 5.75 Å². The molecule has 0 amide bonds. The average Bonchev–Trinajstić information content (AvgIpc) is 2.19. The van der Waals surface area contributed by atoms with Gasteiger partial charge in [-0.25, -0.2) is 0 Å². The summed E-state index contributed by atoms with van der Waals surface area (Å²) in [6.45, 7) is 2.90. The van der Waals surface area contributed by atoms with Gasteiger partial charge in [-0.3, -0.25) is 0 Å². The lowest BCUT2D eigenvalue weighted by Crippen LogP contribution is -2.05. The van der Waals surface area contributed by atoms with Gasteiger partial charge in [-0.1, -0.05) is 24.3 Å². The lowest BCUT2D eigenvalue weighted by Gasteiger charge is -2.02. The first-order chi connectivity index (χ1) is 6.75. The van der Waals surface area contributed by atoms with Gasteiger partial charge in [0.15, 0.2) is 0 Å². The Kier molecular flexibility index (Phi) is 4.20. The molecule has 0 aliphatic carbocycles. The van der Waals surface area contributed by atoms with Gasteiger partial charge in [0, 0.05) is 0 Å². The van der Waals surface area contributed by atoms with Crippen LogP contribution in [0, 0.1) is 6.92 Å². The Bertz CT molecular complexity index is 318. The quantitative estimate of drug-likeness (QED) is 0.716. The number of hydrogen-bond acceptors (Lipinski definition) is 2.